The van der Waals surface area contributed by atoms with E-state index in [0.29, 0.717) is 5.13 Å². The van der Waals surface area contributed by atoms with Crippen molar-refractivity contribution in [1.29, 1.82) is 0 Å². The Hall–Kier alpha value is -0.220. The molecule has 0 amide bonds. The van der Waals surface area contributed by atoms with Crippen LogP contribution in [0.5, 0.6) is 0 Å². The summed E-state index contributed by atoms with van der Waals surface area (Å²) in [6, 6.07) is 0. The summed E-state index contributed by atoms with van der Waals surface area (Å²) in [5, 5.41) is 2.72. The molecule has 0 spiro atoms. The molecule has 2 nitrogen and oxygen atoms in total. The summed E-state index contributed by atoms with van der Waals surface area (Å²) >= 11 is 3.46. The fourth-order valence-corrected chi connectivity index (χ4v) is 2.65. The van der Waals surface area contributed by atoms with Gasteiger partial charge in [-0.3, -0.25) is 0 Å². The second-order valence-corrected chi connectivity index (χ2v) is 5.13. The molecule has 0 aliphatic rings. The van der Waals surface area contributed by atoms with E-state index in [-0.39, 0.29) is 0 Å². The number of nitrogen functional groups attached to an aromatic ring is 1. The fourth-order valence-electron chi connectivity index (χ4n) is 0.871. The molecule has 74 valence electrons. The highest BCUT2D eigenvalue weighted by atomic mass is 32.2. The highest BCUT2D eigenvalue weighted by Crippen LogP contribution is 2.19. The number of hydrogen-bond acceptors (Lipinski definition) is 4. The first kappa shape index (κ1) is 10.9. The number of rotatable bonds is 5. The number of thioether (sulfide) groups is 1. The van der Waals surface area contributed by atoms with Crippen molar-refractivity contribution in [1.82, 2.24) is 4.98 Å². The van der Waals surface area contributed by atoms with Gasteiger partial charge in [0.15, 0.2) is 5.13 Å². The van der Waals surface area contributed by atoms with Crippen molar-refractivity contribution < 1.29 is 0 Å². The summed E-state index contributed by atoms with van der Waals surface area (Å²) in [4.78, 5) is 4.21. The first-order valence-electron chi connectivity index (χ1n) is 4.50. The largest absolute Gasteiger partial charge is 0.375 e. The zero-order valence-electron chi connectivity index (χ0n) is 8.12. The Morgan fingerprint density at radius 3 is 3.00 bits per heavy atom. The van der Waals surface area contributed by atoms with E-state index in [4.69, 9.17) is 5.73 Å². The average Bonchev–Trinajstić information content (AvgIpc) is 2.51. The molecule has 13 heavy (non-hydrogen) atoms. The third-order valence-corrected chi connectivity index (χ3v) is 3.95. The lowest BCUT2D eigenvalue weighted by Gasteiger charge is -2.05. The summed E-state index contributed by atoms with van der Waals surface area (Å²) in [5.41, 5.74) is 6.66. The second-order valence-electron chi connectivity index (χ2n) is 3.21. The minimum atomic E-state index is 0.680. The van der Waals surface area contributed by atoms with Crippen LogP contribution in [0.4, 0.5) is 5.13 Å². The molecule has 0 aliphatic heterocycles. The van der Waals surface area contributed by atoms with Crippen molar-refractivity contribution in [2.24, 2.45) is 5.92 Å². The SMILES string of the molecule is CCC(C)CSCc1csc(N)n1. The van der Waals surface area contributed by atoms with E-state index in [1.807, 2.05) is 17.1 Å². The van der Waals surface area contributed by atoms with Crippen LogP contribution in [-0.4, -0.2) is 10.7 Å². The van der Waals surface area contributed by atoms with Gasteiger partial charge in [-0.1, -0.05) is 20.3 Å². The van der Waals surface area contributed by atoms with Gasteiger partial charge >= 0.3 is 0 Å². The van der Waals surface area contributed by atoms with Crippen molar-refractivity contribution in [2.45, 2.75) is 26.0 Å². The molecule has 0 fully saturated rings. The van der Waals surface area contributed by atoms with E-state index in [9.17, 15) is 0 Å². The highest BCUT2D eigenvalue weighted by molar-refractivity contribution is 7.98. The van der Waals surface area contributed by atoms with Gasteiger partial charge in [0.2, 0.25) is 0 Å². The molecule has 0 saturated carbocycles. The van der Waals surface area contributed by atoms with Crippen LogP contribution in [0.2, 0.25) is 0 Å². The summed E-state index contributed by atoms with van der Waals surface area (Å²) in [7, 11) is 0. The Balaban J connectivity index is 2.20. The molecule has 1 unspecified atom stereocenters. The van der Waals surface area contributed by atoms with Crippen LogP contribution in [-0.2, 0) is 5.75 Å². The Labute approximate surface area is 87.9 Å². The number of aromatic nitrogens is 1. The molecule has 1 heterocycles. The Kier molecular flexibility index (Phi) is 4.59. The van der Waals surface area contributed by atoms with Crippen molar-refractivity contribution >= 4 is 28.2 Å². The lowest BCUT2D eigenvalue weighted by atomic mass is 10.2. The van der Waals surface area contributed by atoms with Gasteiger partial charge in [-0.25, -0.2) is 4.98 Å². The third-order valence-electron chi connectivity index (χ3n) is 1.92. The number of nitrogens with two attached hydrogens (primary N) is 1. The molecule has 1 aromatic heterocycles. The molecule has 0 saturated heterocycles. The Bertz CT molecular complexity index is 248. The Morgan fingerprint density at radius 2 is 2.46 bits per heavy atom. The van der Waals surface area contributed by atoms with Crippen LogP contribution in [0.15, 0.2) is 5.38 Å². The topological polar surface area (TPSA) is 38.9 Å². The van der Waals surface area contributed by atoms with E-state index in [1.165, 1.54) is 23.5 Å². The summed E-state index contributed by atoms with van der Waals surface area (Å²) in [5.74, 6) is 3.02. The maximum atomic E-state index is 5.53. The monoisotopic (exact) mass is 216 g/mol. The molecule has 4 heteroatoms. The van der Waals surface area contributed by atoms with Gasteiger partial charge in [0, 0.05) is 11.1 Å². The predicted molar refractivity (Wildman–Crippen MR) is 62.1 cm³/mol. The molecule has 1 aromatic rings. The average molecular weight is 216 g/mol. The van der Waals surface area contributed by atoms with Gasteiger partial charge in [0.25, 0.3) is 0 Å². The van der Waals surface area contributed by atoms with Crippen LogP contribution < -0.4 is 5.73 Å². The maximum absolute atomic E-state index is 5.53. The predicted octanol–water partition coefficient (Wildman–Crippen LogP) is 3.00. The van der Waals surface area contributed by atoms with Crippen molar-refractivity contribution in [3.05, 3.63) is 11.1 Å². The van der Waals surface area contributed by atoms with E-state index in [2.05, 4.69) is 18.8 Å². The lowest BCUT2D eigenvalue weighted by molar-refractivity contribution is 0.637. The molecule has 1 atom stereocenters. The van der Waals surface area contributed by atoms with Gasteiger partial charge in [0.05, 0.1) is 5.69 Å². The lowest BCUT2D eigenvalue weighted by Crippen LogP contribution is -1.96. The molecular formula is C9H16N2S2. The smallest absolute Gasteiger partial charge is 0.180 e. The van der Waals surface area contributed by atoms with E-state index in [1.54, 1.807) is 0 Å². The molecule has 0 aliphatic carbocycles. The minimum Gasteiger partial charge on any atom is -0.375 e. The standard InChI is InChI=1S/C9H16N2S2/c1-3-7(2)4-12-5-8-6-13-9(10)11-8/h6-7H,3-5H2,1-2H3,(H2,10,11). The van der Waals surface area contributed by atoms with Gasteiger partial charge in [-0.2, -0.15) is 11.8 Å². The normalized spacial score (nSPS) is 13.1. The maximum Gasteiger partial charge on any atom is 0.180 e. The van der Waals surface area contributed by atoms with Crippen LogP contribution in [0.3, 0.4) is 0 Å². The van der Waals surface area contributed by atoms with E-state index < -0.39 is 0 Å². The first-order valence-corrected chi connectivity index (χ1v) is 6.53. The second kappa shape index (κ2) is 5.50. The van der Waals surface area contributed by atoms with Crippen LogP contribution >= 0.6 is 23.1 Å². The minimum absolute atomic E-state index is 0.680. The molecule has 1 rings (SSSR count). The van der Waals surface area contributed by atoms with Crippen LogP contribution in [0.25, 0.3) is 0 Å². The summed E-state index contributed by atoms with van der Waals surface area (Å²) < 4.78 is 0. The first-order chi connectivity index (χ1) is 6.22. The molecule has 0 bridgehead atoms. The van der Waals surface area contributed by atoms with Gasteiger partial charge < -0.3 is 5.73 Å². The van der Waals surface area contributed by atoms with E-state index >= 15 is 0 Å². The zero-order valence-corrected chi connectivity index (χ0v) is 9.75. The van der Waals surface area contributed by atoms with Crippen molar-refractivity contribution in [3.8, 4) is 0 Å². The fraction of sp³-hybridized carbons (Fsp3) is 0.667. The quantitative estimate of drug-likeness (QED) is 0.822. The van der Waals surface area contributed by atoms with Gasteiger partial charge in [-0.15, -0.1) is 11.3 Å². The number of thiazole rings is 1. The molecular weight excluding hydrogens is 200 g/mol. The summed E-state index contributed by atoms with van der Waals surface area (Å²) in [6.45, 7) is 4.51. The van der Waals surface area contributed by atoms with Gasteiger partial charge in [0.1, 0.15) is 0 Å². The van der Waals surface area contributed by atoms with Crippen LogP contribution in [0.1, 0.15) is 26.0 Å². The van der Waals surface area contributed by atoms with E-state index in [0.717, 1.165) is 17.4 Å². The number of nitrogens with zero attached hydrogens (tertiary/aromatic N) is 1. The van der Waals surface area contributed by atoms with Crippen molar-refractivity contribution in [2.75, 3.05) is 11.5 Å². The van der Waals surface area contributed by atoms with Crippen molar-refractivity contribution in [3.63, 3.8) is 0 Å². The zero-order chi connectivity index (χ0) is 9.68. The molecule has 2 N–H and O–H groups in total. The highest BCUT2D eigenvalue weighted by Gasteiger charge is 2.01. The number of hydrogen-bond donors (Lipinski definition) is 1. The Morgan fingerprint density at radius 1 is 1.69 bits per heavy atom. The van der Waals surface area contributed by atoms with Crippen LogP contribution in [0, 0.1) is 5.92 Å². The molecule has 0 aromatic carbocycles. The van der Waals surface area contributed by atoms with Gasteiger partial charge in [-0.05, 0) is 11.7 Å². The third kappa shape index (κ3) is 4.00. The number of anilines is 1. The molecule has 0 radical (unpaired) electrons. The summed E-state index contributed by atoms with van der Waals surface area (Å²) in [6.07, 6.45) is 1.26.